The Morgan fingerprint density at radius 2 is 1.96 bits per heavy atom. The highest BCUT2D eigenvalue weighted by Gasteiger charge is 2.11. The summed E-state index contributed by atoms with van der Waals surface area (Å²) >= 11 is 1.28. The molecule has 27 heavy (non-hydrogen) atoms. The lowest BCUT2D eigenvalue weighted by Crippen LogP contribution is -2.20. The normalized spacial score (nSPS) is 10.4. The number of aromatic nitrogens is 1. The lowest BCUT2D eigenvalue weighted by atomic mass is 10.1. The number of non-ortho nitro benzene ring substituents is 1. The number of benzene rings is 2. The van der Waals surface area contributed by atoms with Crippen molar-refractivity contribution in [2.45, 2.75) is 13.8 Å². The number of hydrogen-bond acceptors (Lipinski definition) is 6. The van der Waals surface area contributed by atoms with Gasteiger partial charge in [-0.1, -0.05) is 12.1 Å². The number of thiazole rings is 1. The summed E-state index contributed by atoms with van der Waals surface area (Å²) in [7, 11) is 0. The van der Waals surface area contributed by atoms with E-state index < -0.39 is 4.92 Å². The van der Waals surface area contributed by atoms with Gasteiger partial charge in [-0.25, -0.2) is 4.98 Å². The molecule has 7 nitrogen and oxygen atoms in total. The third kappa shape index (κ3) is 4.48. The van der Waals surface area contributed by atoms with Gasteiger partial charge in [0.25, 0.3) is 11.6 Å². The first kappa shape index (κ1) is 18.5. The van der Waals surface area contributed by atoms with Crippen LogP contribution in [-0.2, 0) is 4.79 Å². The minimum atomic E-state index is -0.452. The molecule has 0 aliphatic heterocycles. The van der Waals surface area contributed by atoms with Crippen LogP contribution in [-0.4, -0.2) is 22.4 Å². The summed E-state index contributed by atoms with van der Waals surface area (Å²) in [5, 5.41) is 15.6. The van der Waals surface area contributed by atoms with Crippen LogP contribution in [0.15, 0.2) is 47.8 Å². The summed E-state index contributed by atoms with van der Waals surface area (Å²) in [6.45, 7) is 3.81. The Kier molecular flexibility index (Phi) is 5.46. The summed E-state index contributed by atoms with van der Waals surface area (Å²) in [5.74, 6) is 0.372. The average molecular weight is 383 g/mol. The molecule has 8 heteroatoms. The van der Waals surface area contributed by atoms with Gasteiger partial charge in [0.1, 0.15) is 5.75 Å². The highest BCUT2D eigenvalue weighted by atomic mass is 32.1. The van der Waals surface area contributed by atoms with E-state index >= 15 is 0 Å². The van der Waals surface area contributed by atoms with Gasteiger partial charge in [-0.15, -0.1) is 11.3 Å². The maximum Gasteiger partial charge on any atom is 0.269 e. The number of nitrogens with zero attached hydrogens (tertiary/aromatic N) is 2. The van der Waals surface area contributed by atoms with Gasteiger partial charge in [0.15, 0.2) is 11.7 Å². The quantitative estimate of drug-likeness (QED) is 0.504. The molecule has 0 atom stereocenters. The Morgan fingerprint density at radius 3 is 2.67 bits per heavy atom. The molecular weight excluding hydrogens is 366 g/mol. The fourth-order valence-corrected chi connectivity index (χ4v) is 3.13. The number of carbonyl (C=O) groups is 1. The molecule has 0 aliphatic rings. The van der Waals surface area contributed by atoms with E-state index in [1.165, 1.54) is 23.5 Å². The average Bonchev–Trinajstić information content (AvgIpc) is 3.11. The SMILES string of the molecule is Cc1cccc(OCC(=O)Nc2nc(-c3ccc([N+](=O)[O-])cc3)cs2)c1C. The van der Waals surface area contributed by atoms with Crippen LogP contribution in [0.4, 0.5) is 10.8 Å². The van der Waals surface area contributed by atoms with Crippen LogP contribution in [0.5, 0.6) is 5.75 Å². The number of nitro benzene ring substituents is 1. The van der Waals surface area contributed by atoms with Gasteiger partial charge in [-0.3, -0.25) is 20.2 Å². The number of hydrogen-bond donors (Lipinski definition) is 1. The van der Waals surface area contributed by atoms with E-state index in [4.69, 9.17) is 4.74 Å². The second kappa shape index (κ2) is 7.96. The van der Waals surface area contributed by atoms with E-state index in [-0.39, 0.29) is 18.2 Å². The second-order valence-corrected chi connectivity index (χ2v) is 6.73. The van der Waals surface area contributed by atoms with Crippen LogP contribution in [0, 0.1) is 24.0 Å². The van der Waals surface area contributed by atoms with Crippen LogP contribution in [0.2, 0.25) is 0 Å². The van der Waals surface area contributed by atoms with Gasteiger partial charge in [0.2, 0.25) is 0 Å². The summed E-state index contributed by atoms with van der Waals surface area (Å²) in [4.78, 5) is 26.7. The fourth-order valence-electron chi connectivity index (χ4n) is 2.40. The lowest BCUT2D eigenvalue weighted by molar-refractivity contribution is -0.384. The first-order chi connectivity index (χ1) is 12.9. The number of rotatable bonds is 6. The van der Waals surface area contributed by atoms with E-state index in [0.29, 0.717) is 16.6 Å². The minimum absolute atomic E-state index is 0.0195. The van der Waals surface area contributed by atoms with Gasteiger partial charge < -0.3 is 4.74 Å². The molecule has 2 aromatic carbocycles. The van der Waals surface area contributed by atoms with Crippen molar-refractivity contribution in [1.82, 2.24) is 4.98 Å². The van der Waals surface area contributed by atoms with Crippen molar-refractivity contribution < 1.29 is 14.5 Å². The van der Waals surface area contributed by atoms with Crippen molar-refractivity contribution in [2.75, 3.05) is 11.9 Å². The van der Waals surface area contributed by atoms with Crippen molar-refractivity contribution in [1.29, 1.82) is 0 Å². The van der Waals surface area contributed by atoms with Crippen molar-refractivity contribution in [3.05, 3.63) is 69.1 Å². The zero-order valence-corrected chi connectivity index (χ0v) is 15.6. The van der Waals surface area contributed by atoms with Crippen molar-refractivity contribution >= 4 is 28.1 Å². The smallest absolute Gasteiger partial charge is 0.269 e. The number of amides is 1. The molecular formula is C19H17N3O4S. The Labute approximate surface area is 159 Å². The van der Waals surface area contributed by atoms with E-state index in [2.05, 4.69) is 10.3 Å². The van der Waals surface area contributed by atoms with Crippen LogP contribution in [0.1, 0.15) is 11.1 Å². The number of nitrogens with one attached hydrogen (secondary N) is 1. The maximum atomic E-state index is 12.1. The van der Waals surface area contributed by atoms with E-state index in [0.717, 1.165) is 16.7 Å². The molecule has 1 heterocycles. The predicted molar refractivity (Wildman–Crippen MR) is 104 cm³/mol. The topological polar surface area (TPSA) is 94.4 Å². The van der Waals surface area contributed by atoms with Gasteiger partial charge in [0, 0.05) is 23.1 Å². The van der Waals surface area contributed by atoms with Gasteiger partial charge >= 0.3 is 0 Å². The first-order valence-electron chi connectivity index (χ1n) is 8.13. The summed E-state index contributed by atoms with van der Waals surface area (Å²) in [6.07, 6.45) is 0. The standard InChI is InChI=1S/C19H17N3O4S/c1-12-4-3-5-17(13(12)2)26-10-18(23)21-19-20-16(11-27-19)14-6-8-15(9-7-14)22(24)25/h3-9,11H,10H2,1-2H3,(H,20,21,23). The molecule has 1 aromatic heterocycles. The van der Waals surface area contributed by atoms with Gasteiger partial charge in [0.05, 0.1) is 10.6 Å². The Hall–Kier alpha value is -3.26. The van der Waals surface area contributed by atoms with Crippen LogP contribution < -0.4 is 10.1 Å². The van der Waals surface area contributed by atoms with Crippen molar-refractivity contribution in [3.8, 4) is 17.0 Å². The molecule has 1 amide bonds. The van der Waals surface area contributed by atoms with Gasteiger partial charge in [-0.2, -0.15) is 0 Å². The fraction of sp³-hybridized carbons (Fsp3) is 0.158. The minimum Gasteiger partial charge on any atom is -0.483 e. The molecule has 0 fully saturated rings. The predicted octanol–water partition coefficient (Wildman–Crippen LogP) is 4.35. The number of nitro groups is 1. The number of ether oxygens (including phenoxy) is 1. The molecule has 3 rings (SSSR count). The molecule has 0 spiro atoms. The molecule has 1 N–H and O–H groups in total. The van der Waals surface area contributed by atoms with Crippen LogP contribution >= 0.6 is 11.3 Å². The monoisotopic (exact) mass is 383 g/mol. The number of anilines is 1. The molecule has 0 aliphatic carbocycles. The third-order valence-corrected chi connectivity index (χ3v) is 4.80. The van der Waals surface area contributed by atoms with Crippen molar-refractivity contribution in [2.24, 2.45) is 0 Å². The molecule has 0 radical (unpaired) electrons. The Balaban J connectivity index is 1.60. The Bertz CT molecular complexity index is 983. The summed E-state index contributed by atoms with van der Waals surface area (Å²) in [6, 6.07) is 11.8. The van der Waals surface area contributed by atoms with Gasteiger partial charge in [-0.05, 0) is 43.2 Å². The molecule has 0 saturated heterocycles. The lowest BCUT2D eigenvalue weighted by Gasteiger charge is -2.10. The van der Waals surface area contributed by atoms with E-state index in [1.807, 2.05) is 32.0 Å². The van der Waals surface area contributed by atoms with Crippen LogP contribution in [0.25, 0.3) is 11.3 Å². The first-order valence-corrected chi connectivity index (χ1v) is 9.01. The highest BCUT2D eigenvalue weighted by Crippen LogP contribution is 2.26. The Morgan fingerprint density at radius 1 is 1.22 bits per heavy atom. The molecule has 3 aromatic rings. The second-order valence-electron chi connectivity index (χ2n) is 5.88. The molecule has 0 unspecified atom stereocenters. The zero-order chi connectivity index (χ0) is 19.4. The number of carbonyl (C=O) groups excluding carboxylic acids is 1. The molecule has 0 saturated carbocycles. The summed E-state index contributed by atoms with van der Waals surface area (Å²) in [5.41, 5.74) is 3.50. The van der Waals surface area contributed by atoms with E-state index in [9.17, 15) is 14.9 Å². The maximum absolute atomic E-state index is 12.1. The third-order valence-electron chi connectivity index (χ3n) is 4.04. The van der Waals surface area contributed by atoms with Crippen LogP contribution in [0.3, 0.4) is 0 Å². The largest absolute Gasteiger partial charge is 0.483 e. The van der Waals surface area contributed by atoms with E-state index in [1.54, 1.807) is 17.5 Å². The molecule has 138 valence electrons. The number of aryl methyl sites for hydroxylation is 1. The molecule has 0 bridgehead atoms. The highest BCUT2D eigenvalue weighted by molar-refractivity contribution is 7.14. The van der Waals surface area contributed by atoms with Crippen molar-refractivity contribution in [3.63, 3.8) is 0 Å². The summed E-state index contributed by atoms with van der Waals surface area (Å²) < 4.78 is 5.58. The zero-order valence-electron chi connectivity index (χ0n) is 14.8.